The number of hydrogen-bond donors (Lipinski definition) is 1. The van der Waals surface area contributed by atoms with Crippen LogP contribution in [0.2, 0.25) is 5.02 Å². The summed E-state index contributed by atoms with van der Waals surface area (Å²) in [7, 11) is 0. The van der Waals surface area contributed by atoms with Crippen molar-refractivity contribution in [2.75, 3.05) is 0 Å². The Morgan fingerprint density at radius 2 is 2.05 bits per heavy atom. The Bertz CT molecular complexity index is 800. The highest BCUT2D eigenvalue weighted by Crippen LogP contribution is 2.34. The molecule has 0 aliphatic heterocycles. The van der Waals surface area contributed by atoms with Gasteiger partial charge in [-0.05, 0) is 42.1 Å². The smallest absolute Gasteiger partial charge is 0.335 e. The summed E-state index contributed by atoms with van der Waals surface area (Å²) in [4.78, 5) is 16.0. The summed E-state index contributed by atoms with van der Waals surface area (Å²) < 4.78 is 5.55. The van der Waals surface area contributed by atoms with Gasteiger partial charge in [0.25, 0.3) is 5.22 Å². The Kier molecular flexibility index (Phi) is 3.38. The zero-order valence-electron chi connectivity index (χ0n) is 10.0. The van der Waals surface area contributed by atoms with Crippen molar-refractivity contribution in [3.8, 4) is 0 Å². The van der Waals surface area contributed by atoms with E-state index in [0.29, 0.717) is 21.3 Å². The lowest BCUT2D eigenvalue weighted by Gasteiger charge is -1.98. The number of aromatic carboxylic acids is 1. The maximum atomic E-state index is 10.9. The number of fused-ring (bicyclic) bond motifs is 1. The van der Waals surface area contributed by atoms with E-state index >= 15 is 0 Å². The Hall–Kier alpha value is -1.98. The first-order chi connectivity index (χ1) is 9.63. The zero-order valence-corrected chi connectivity index (χ0v) is 11.6. The fourth-order valence-corrected chi connectivity index (χ4v) is 2.73. The predicted molar refractivity (Wildman–Crippen MR) is 76.5 cm³/mol. The van der Waals surface area contributed by atoms with Gasteiger partial charge in [0.2, 0.25) is 0 Å². The molecule has 0 saturated heterocycles. The molecular formula is C14H8ClNO3S. The molecule has 0 spiro atoms. The van der Waals surface area contributed by atoms with Crippen molar-refractivity contribution < 1.29 is 14.3 Å². The summed E-state index contributed by atoms with van der Waals surface area (Å²) in [5.74, 6) is -0.997. The van der Waals surface area contributed by atoms with E-state index in [4.69, 9.17) is 21.1 Å². The third kappa shape index (κ3) is 2.50. The minimum atomic E-state index is -0.997. The van der Waals surface area contributed by atoms with E-state index in [2.05, 4.69) is 4.98 Å². The highest BCUT2D eigenvalue weighted by molar-refractivity contribution is 7.99. The Labute approximate surface area is 123 Å². The molecule has 100 valence electrons. The number of carboxylic acid groups (broad SMARTS) is 1. The van der Waals surface area contributed by atoms with Crippen LogP contribution in [0.1, 0.15) is 10.4 Å². The van der Waals surface area contributed by atoms with Crippen LogP contribution < -0.4 is 0 Å². The molecule has 3 rings (SSSR count). The third-order valence-electron chi connectivity index (χ3n) is 2.65. The number of oxazole rings is 1. The third-order valence-corrected chi connectivity index (χ3v) is 4.02. The molecule has 6 heteroatoms. The molecule has 0 aliphatic carbocycles. The number of carbonyl (C=O) groups is 1. The first-order valence-corrected chi connectivity index (χ1v) is 6.89. The lowest BCUT2D eigenvalue weighted by Crippen LogP contribution is -1.94. The van der Waals surface area contributed by atoms with Crippen LogP contribution in [0, 0.1) is 0 Å². The number of benzene rings is 2. The number of nitrogens with zero attached hydrogens (tertiary/aromatic N) is 1. The van der Waals surface area contributed by atoms with Crippen LogP contribution >= 0.6 is 23.4 Å². The summed E-state index contributed by atoms with van der Waals surface area (Å²) in [5, 5.41) is 9.98. The Balaban J connectivity index is 1.97. The minimum absolute atomic E-state index is 0.169. The van der Waals surface area contributed by atoms with Crippen molar-refractivity contribution in [2.24, 2.45) is 0 Å². The molecule has 1 aromatic heterocycles. The molecule has 2 aromatic carbocycles. The molecule has 1 N–H and O–H groups in total. The normalized spacial score (nSPS) is 10.8. The van der Waals surface area contributed by atoms with E-state index in [1.807, 2.05) is 18.2 Å². The van der Waals surface area contributed by atoms with Crippen LogP contribution in [0.25, 0.3) is 11.1 Å². The molecule has 0 amide bonds. The van der Waals surface area contributed by atoms with Crippen molar-refractivity contribution >= 4 is 40.4 Å². The molecule has 0 unspecified atom stereocenters. The lowest BCUT2D eigenvalue weighted by atomic mass is 10.2. The second-order valence-electron chi connectivity index (χ2n) is 4.00. The summed E-state index contributed by atoms with van der Waals surface area (Å²) in [6.07, 6.45) is 0. The van der Waals surface area contributed by atoms with E-state index < -0.39 is 5.97 Å². The minimum Gasteiger partial charge on any atom is -0.478 e. The average molecular weight is 306 g/mol. The van der Waals surface area contributed by atoms with Crippen molar-refractivity contribution in [2.45, 2.75) is 10.1 Å². The summed E-state index contributed by atoms with van der Waals surface area (Å²) >= 11 is 7.37. The fourth-order valence-electron chi connectivity index (χ4n) is 1.70. The second kappa shape index (κ2) is 5.19. The highest BCUT2D eigenvalue weighted by Gasteiger charge is 2.11. The predicted octanol–water partition coefficient (Wildman–Crippen LogP) is 4.33. The molecule has 0 fully saturated rings. The van der Waals surface area contributed by atoms with Crippen LogP contribution in [0.3, 0.4) is 0 Å². The van der Waals surface area contributed by atoms with Gasteiger partial charge in [-0.3, -0.25) is 0 Å². The summed E-state index contributed by atoms with van der Waals surface area (Å²) in [6.45, 7) is 0. The van der Waals surface area contributed by atoms with Gasteiger partial charge in [0.1, 0.15) is 5.52 Å². The van der Waals surface area contributed by atoms with Gasteiger partial charge in [-0.2, -0.15) is 0 Å². The van der Waals surface area contributed by atoms with Crippen molar-refractivity contribution in [3.05, 3.63) is 53.1 Å². The van der Waals surface area contributed by atoms with Crippen molar-refractivity contribution in [1.82, 2.24) is 4.98 Å². The van der Waals surface area contributed by atoms with Gasteiger partial charge in [-0.15, -0.1) is 0 Å². The van der Waals surface area contributed by atoms with E-state index in [9.17, 15) is 4.79 Å². The fraction of sp³-hybridized carbons (Fsp3) is 0. The van der Waals surface area contributed by atoms with E-state index in [-0.39, 0.29) is 5.56 Å². The van der Waals surface area contributed by atoms with Crippen LogP contribution in [0.15, 0.2) is 57.0 Å². The molecule has 20 heavy (non-hydrogen) atoms. The van der Waals surface area contributed by atoms with E-state index in [0.717, 1.165) is 4.90 Å². The number of halogens is 1. The van der Waals surface area contributed by atoms with Gasteiger partial charge >= 0.3 is 5.97 Å². The largest absolute Gasteiger partial charge is 0.478 e. The molecule has 0 bridgehead atoms. The van der Waals surface area contributed by atoms with Crippen LogP contribution in [0.5, 0.6) is 0 Å². The molecule has 0 atom stereocenters. The quantitative estimate of drug-likeness (QED) is 0.780. The van der Waals surface area contributed by atoms with Crippen molar-refractivity contribution in [1.29, 1.82) is 0 Å². The van der Waals surface area contributed by atoms with Crippen LogP contribution in [0.4, 0.5) is 0 Å². The average Bonchev–Trinajstić information content (AvgIpc) is 2.82. The van der Waals surface area contributed by atoms with E-state index in [1.54, 1.807) is 12.1 Å². The zero-order chi connectivity index (χ0) is 14.1. The first-order valence-electron chi connectivity index (χ1n) is 5.70. The van der Waals surface area contributed by atoms with Gasteiger partial charge < -0.3 is 9.52 Å². The molecule has 0 radical (unpaired) electrons. The molecule has 0 saturated carbocycles. The Morgan fingerprint density at radius 3 is 2.80 bits per heavy atom. The van der Waals surface area contributed by atoms with Gasteiger partial charge in [0, 0.05) is 4.90 Å². The van der Waals surface area contributed by atoms with Gasteiger partial charge in [0.05, 0.1) is 10.6 Å². The highest BCUT2D eigenvalue weighted by atomic mass is 35.5. The summed E-state index contributed by atoms with van der Waals surface area (Å²) in [6, 6.07) is 12.0. The lowest BCUT2D eigenvalue weighted by molar-refractivity contribution is 0.0697. The van der Waals surface area contributed by atoms with Gasteiger partial charge in [-0.1, -0.05) is 23.7 Å². The number of carboxylic acids is 1. The van der Waals surface area contributed by atoms with Gasteiger partial charge in [0.15, 0.2) is 5.58 Å². The second-order valence-corrected chi connectivity index (χ2v) is 5.40. The number of aromatic nitrogens is 1. The molecular weight excluding hydrogens is 298 g/mol. The SMILES string of the molecule is O=C(O)c1ccc2nc(Sc3ccccc3Cl)oc2c1. The molecule has 1 heterocycles. The summed E-state index contributed by atoms with van der Waals surface area (Å²) in [5.41, 5.74) is 1.23. The van der Waals surface area contributed by atoms with E-state index in [1.165, 1.54) is 23.9 Å². The topological polar surface area (TPSA) is 63.3 Å². The first kappa shape index (κ1) is 13.0. The van der Waals surface area contributed by atoms with Crippen molar-refractivity contribution in [3.63, 3.8) is 0 Å². The molecule has 4 nitrogen and oxygen atoms in total. The van der Waals surface area contributed by atoms with Crippen LogP contribution in [-0.2, 0) is 0 Å². The monoisotopic (exact) mass is 305 g/mol. The molecule has 3 aromatic rings. The maximum Gasteiger partial charge on any atom is 0.335 e. The Morgan fingerprint density at radius 1 is 1.25 bits per heavy atom. The number of hydrogen-bond acceptors (Lipinski definition) is 4. The van der Waals surface area contributed by atoms with Gasteiger partial charge in [-0.25, -0.2) is 9.78 Å². The molecule has 0 aliphatic rings. The van der Waals surface area contributed by atoms with Crippen LogP contribution in [-0.4, -0.2) is 16.1 Å². The standard InChI is InChI=1S/C14H8ClNO3S/c15-9-3-1-2-4-12(9)20-14-16-10-6-5-8(13(17)18)7-11(10)19-14/h1-7H,(H,17,18). The maximum absolute atomic E-state index is 10.9. The number of rotatable bonds is 3.